The second kappa shape index (κ2) is 4.64. The van der Waals surface area contributed by atoms with Crippen molar-refractivity contribution in [3.63, 3.8) is 0 Å². The number of benzene rings is 1. The fourth-order valence-corrected chi connectivity index (χ4v) is 2.57. The molecule has 1 atom stereocenters. The van der Waals surface area contributed by atoms with Gasteiger partial charge in [-0.3, -0.25) is 4.79 Å². The minimum absolute atomic E-state index is 0.0908. The molecule has 0 aromatic heterocycles. The van der Waals surface area contributed by atoms with Crippen molar-refractivity contribution in [1.29, 1.82) is 0 Å². The minimum Gasteiger partial charge on any atom is -0.338 e. The summed E-state index contributed by atoms with van der Waals surface area (Å²) in [4.78, 5) is 14.9. The van der Waals surface area contributed by atoms with Gasteiger partial charge in [-0.15, -0.1) is 0 Å². The molecule has 0 radical (unpaired) electrons. The lowest BCUT2D eigenvalue weighted by molar-refractivity contribution is -0.137. The molecule has 3 rings (SSSR count). The fraction of sp³-hybridized carbons (Fsp3) is 0.562. The van der Waals surface area contributed by atoms with Gasteiger partial charge in [-0.05, 0) is 44.1 Å². The first kappa shape index (κ1) is 12.7. The van der Waals surface area contributed by atoms with Crippen molar-refractivity contribution >= 4 is 5.91 Å². The predicted molar refractivity (Wildman–Crippen MR) is 75.4 cm³/mol. The zero-order chi connectivity index (χ0) is 13.5. The predicted octanol–water partition coefficient (Wildman–Crippen LogP) is 2.26. The Balaban J connectivity index is 1.79. The smallest absolute Gasteiger partial charge is 0.247 e. The summed E-state index contributed by atoms with van der Waals surface area (Å²) in [6.07, 6.45) is 4.82. The zero-order valence-corrected chi connectivity index (χ0v) is 11.5. The Kier molecular flexibility index (Phi) is 3.09. The molecule has 0 heterocycles. The molecule has 1 amide bonds. The molecule has 2 saturated carbocycles. The monoisotopic (exact) mass is 258 g/mol. The van der Waals surface area contributed by atoms with Gasteiger partial charge >= 0.3 is 0 Å². The Morgan fingerprint density at radius 1 is 1.26 bits per heavy atom. The van der Waals surface area contributed by atoms with Crippen molar-refractivity contribution in [3.8, 4) is 0 Å². The second-order valence-corrected chi connectivity index (χ2v) is 6.20. The molecular formula is C16H22N2O. The van der Waals surface area contributed by atoms with Crippen molar-refractivity contribution in [2.24, 2.45) is 11.7 Å². The van der Waals surface area contributed by atoms with Crippen LogP contribution in [0, 0.1) is 5.92 Å². The van der Waals surface area contributed by atoms with Crippen LogP contribution < -0.4 is 5.73 Å². The van der Waals surface area contributed by atoms with Crippen LogP contribution in [0.4, 0.5) is 0 Å². The lowest BCUT2D eigenvalue weighted by Gasteiger charge is -2.32. The molecule has 2 fully saturated rings. The highest BCUT2D eigenvalue weighted by molar-refractivity contribution is 5.87. The van der Waals surface area contributed by atoms with Gasteiger partial charge < -0.3 is 10.6 Å². The van der Waals surface area contributed by atoms with Gasteiger partial charge in [0.15, 0.2) is 0 Å². The zero-order valence-electron chi connectivity index (χ0n) is 11.5. The van der Waals surface area contributed by atoms with E-state index in [1.54, 1.807) is 0 Å². The van der Waals surface area contributed by atoms with Crippen LogP contribution in [0.25, 0.3) is 0 Å². The molecule has 1 unspecified atom stereocenters. The SMILES string of the molecule is CC(N)(C(=O)N(CC1CC1)C1CC1)c1ccccc1. The van der Waals surface area contributed by atoms with Gasteiger partial charge in [0, 0.05) is 12.6 Å². The van der Waals surface area contributed by atoms with Crippen molar-refractivity contribution in [3.05, 3.63) is 35.9 Å². The first-order valence-corrected chi connectivity index (χ1v) is 7.24. The van der Waals surface area contributed by atoms with E-state index in [4.69, 9.17) is 5.73 Å². The Morgan fingerprint density at radius 2 is 1.89 bits per heavy atom. The molecule has 3 nitrogen and oxygen atoms in total. The maximum absolute atomic E-state index is 12.8. The van der Waals surface area contributed by atoms with E-state index in [1.165, 1.54) is 12.8 Å². The molecule has 0 aliphatic heterocycles. The topological polar surface area (TPSA) is 46.3 Å². The summed E-state index contributed by atoms with van der Waals surface area (Å²) in [5, 5.41) is 0. The van der Waals surface area contributed by atoms with Crippen molar-refractivity contribution in [1.82, 2.24) is 4.90 Å². The van der Waals surface area contributed by atoms with Crippen LogP contribution in [-0.2, 0) is 10.3 Å². The van der Waals surface area contributed by atoms with E-state index in [-0.39, 0.29) is 5.91 Å². The van der Waals surface area contributed by atoms with E-state index >= 15 is 0 Å². The Labute approximate surface area is 114 Å². The number of hydrogen-bond donors (Lipinski definition) is 1. The molecule has 0 bridgehead atoms. The summed E-state index contributed by atoms with van der Waals surface area (Å²) in [6.45, 7) is 2.75. The first-order valence-electron chi connectivity index (χ1n) is 7.24. The standard InChI is InChI=1S/C16H22N2O/c1-16(17,13-5-3-2-4-6-13)15(19)18(14-9-10-14)11-12-7-8-12/h2-6,12,14H,7-11,17H2,1H3. The molecule has 2 aliphatic rings. The third-order valence-electron chi connectivity index (χ3n) is 4.22. The van der Waals surface area contributed by atoms with Gasteiger partial charge in [-0.2, -0.15) is 0 Å². The highest BCUT2D eigenvalue weighted by Crippen LogP contribution is 2.36. The summed E-state index contributed by atoms with van der Waals surface area (Å²) in [5.41, 5.74) is 6.35. The lowest BCUT2D eigenvalue weighted by Crippen LogP contribution is -2.52. The Bertz CT molecular complexity index is 461. The summed E-state index contributed by atoms with van der Waals surface area (Å²) in [6, 6.07) is 10.2. The van der Waals surface area contributed by atoms with Crippen LogP contribution in [0.1, 0.15) is 38.2 Å². The minimum atomic E-state index is -0.904. The van der Waals surface area contributed by atoms with Gasteiger partial charge in [-0.1, -0.05) is 30.3 Å². The van der Waals surface area contributed by atoms with Crippen molar-refractivity contribution in [2.45, 2.75) is 44.2 Å². The van der Waals surface area contributed by atoms with Crippen LogP contribution in [-0.4, -0.2) is 23.4 Å². The third-order valence-corrected chi connectivity index (χ3v) is 4.22. The molecular weight excluding hydrogens is 236 g/mol. The number of nitrogens with zero attached hydrogens (tertiary/aromatic N) is 1. The van der Waals surface area contributed by atoms with E-state index in [0.717, 1.165) is 30.9 Å². The van der Waals surface area contributed by atoms with Crippen LogP contribution >= 0.6 is 0 Å². The summed E-state index contributed by atoms with van der Waals surface area (Å²) in [5.74, 6) is 0.809. The average molecular weight is 258 g/mol. The maximum Gasteiger partial charge on any atom is 0.247 e. The Hall–Kier alpha value is -1.35. The number of carbonyl (C=O) groups is 1. The van der Waals surface area contributed by atoms with Crippen molar-refractivity contribution in [2.75, 3.05) is 6.54 Å². The molecule has 2 N–H and O–H groups in total. The highest BCUT2D eigenvalue weighted by atomic mass is 16.2. The largest absolute Gasteiger partial charge is 0.338 e. The molecule has 0 spiro atoms. The molecule has 102 valence electrons. The maximum atomic E-state index is 12.8. The van der Waals surface area contributed by atoms with E-state index in [2.05, 4.69) is 0 Å². The quantitative estimate of drug-likeness (QED) is 0.880. The average Bonchev–Trinajstić information content (AvgIpc) is 3.28. The molecule has 1 aromatic rings. The second-order valence-electron chi connectivity index (χ2n) is 6.20. The highest BCUT2D eigenvalue weighted by Gasteiger charge is 2.42. The first-order chi connectivity index (χ1) is 9.09. The number of carbonyl (C=O) groups excluding carboxylic acids is 1. The summed E-state index contributed by atoms with van der Waals surface area (Å²) in [7, 11) is 0. The number of amides is 1. The molecule has 0 saturated heterocycles. The molecule has 19 heavy (non-hydrogen) atoms. The fourth-order valence-electron chi connectivity index (χ4n) is 2.57. The molecule has 3 heteroatoms. The van der Waals surface area contributed by atoms with Gasteiger partial charge in [-0.25, -0.2) is 0 Å². The van der Waals surface area contributed by atoms with E-state index in [9.17, 15) is 4.79 Å². The number of hydrogen-bond acceptors (Lipinski definition) is 2. The third kappa shape index (κ3) is 2.66. The van der Waals surface area contributed by atoms with Crippen LogP contribution in [0.15, 0.2) is 30.3 Å². The summed E-state index contributed by atoms with van der Waals surface area (Å²) >= 11 is 0. The Morgan fingerprint density at radius 3 is 2.42 bits per heavy atom. The van der Waals surface area contributed by atoms with Crippen LogP contribution in [0.3, 0.4) is 0 Å². The van der Waals surface area contributed by atoms with Crippen LogP contribution in [0.2, 0.25) is 0 Å². The van der Waals surface area contributed by atoms with Crippen LogP contribution in [0.5, 0.6) is 0 Å². The van der Waals surface area contributed by atoms with Gasteiger partial charge in [0.25, 0.3) is 0 Å². The number of rotatable bonds is 5. The normalized spacial score (nSPS) is 21.8. The van der Waals surface area contributed by atoms with Crippen molar-refractivity contribution < 1.29 is 4.79 Å². The lowest BCUT2D eigenvalue weighted by atomic mass is 9.91. The van der Waals surface area contributed by atoms with E-state index in [0.29, 0.717) is 6.04 Å². The number of nitrogens with two attached hydrogens (primary N) is 1. The summed E-state index contributed by atoms with van der Waals surface area (Å²) < 4.78 is 0. The van der Waals surface area contributed by atoms with E-state index in [1.807, 2.05) is 42.2 Å². The molecule has 2 aliphatic carbocycles. The van der Waals surface area contributed by atoms with E-state index < -0.39 is 5.54 Å². The molecule has 1 aromatic carbocycles. The van der Waals surface area contributed by atoms with Gasteiger partial charge in [0.2, 0.25) is 5.91 Å². The van der Waals surface area contributed by atoms with Gasteiger partial charge in [0.1, 0.15) is 5.54 Å². The van der Waals surface area contributed by atoms with Gasteiger partial charge in [0.05, 0.1) is 0 Å².